The number of alkyl halides is 1. The van der Waals surface area contributed by atoms with Gasteiger partial charge in [0, 0.05) is 22.7 Å². The Labute approximate surface area is 127 Å². The van der Waals surface area contributed by atoms with Gasteiger partial charge in [-0.3, -0.25) is 9.97 Å². The van der Waals surface area contributed by atoms with Gasteiger partial charge < -0.3 is 9.47 Å². The number of ether oxygens (including phenoxy) is 2. The Balaban J connectivity index is 2.10. The van der Waals surface area contributed by atoms with Gasteiger partial charge in [0.15, 0.2) is 0 Å². The van der Waals surface area contributed by atoms with E-state index >= 15 is 0 Å². The zero-order chi connectivity index (χ0) is 14.5. The van der Waals surface area contributed by atoms with Crippen LogP contribution in [0.5, 0.6) is 11.5 Å². The van der Waals surface area contributed by atoms with Crippen molar-refractivity contribution in [3.8, 4) is 11.5 Å². The highest BCUT2D eigenvalue weighted by atomic mass is 79.9. The third-order valence-electron chi connectivity index (χ3n) is 3.06. The number of hydrogen-bond donors (Lipinski definition) is 0. The molecule has 4 nitrogen and oxygen atoms in total. The normalized spacial score (nSPS) is 10.4. The van der Waals surface area contributed by atoms with Crippen LogP contribution in [-0.2, 0) is 11.9 Å². The molecule has 2 rings (SSSR count). The van der Waals surface area contributed by atoms with E-state index in [0.717, 1.165) is 39.3 Å². The summed E-state index contributed by atoms with van der Waals surface area (Å²) in [5.41, 5.74) is 3.88. The number of pyridine rings is 2. The summed E-state index contributed by atoms with van der Waals surface area (Å²) >= 11 is 3.36. The van der Waals surface area contributed by atoms with E-state index in [4.69, 9.17) is 9.47 Å². The molecule has 2 aromatic heterocycles. The van der Waals surface area contributed by atoms with Crippen molar-refractivity contribution in [1.29, 1.82) is 0 Å². The Morgan fingerprint density at radius 2 is 1.95 bits per heavy atom. The molecule has 0 aliphatic rings. The van der Waals surface area contributed by atoms with E-state index in [0.29, 0.717) is 6.61 Å². The quantitative estimate of drug-likeness (QED) is 0.783. The van der Waals surface area contributed by atoms with Crippen molar-refractivity contribution in [3.05, 3.63) is 47.0 Å². The van der Waals surface area contributed by atoms with Crippen LogP contribution < -0.4 is 9.47 Å². The number of aromatic nitrogens is 2. The number of rotatable bonds is 5. The van der Waals surface area contributed by atoms with E-state index in [-0.39, 0.29) is 0 Å². The van der Waals surface area contributed by atoms with Gasteiger partial charge in [-0.15, -0.1) is 0 Å². The molecule has 0 bridgehead atoms. The van der Waals surface area contributed by atoms with Crippen molar-refractivity contribution in [2.75, 3.05) is 7.11 Å². The Bertz CT molecular complexity index is 585. The van der Waals surface area contributed by atoms with Crippen LogP contribution in [0.15, 0.2) is 24.5 Å². The van der Waals surface area contributed by atoms with Crippen molar-refractivity contribution in [2.45, 2.75) is 25.8 Å². The molecule has 0 fully saturated rings. The van der Waals surface area contributed by atoms with Gasteiger partial charge in [0.1, 0.15) is 18.1 Å². The van der Waals surface area contributed by atoms with E-state index in [1.807, 2.05) is 26.0 Å². The second-order valence-corrected chi connectivity index (χ2v) is 5.01. The molecule has 0 saturated carbocycles. The van der Waals surface area contributed by atoms with E-state index in [9.17, 15) is 0 Å². The van der Waals surface area contributed by atoms with Gasteiger partial charge in [-0.1, -0.05) is 15.9 Å². The molecule has 2 aromatic rings. The minimum Gasteiger partial charge on any atom is -0.496 e. The number of halogens is 1. The predicted octanol–water partition coefficient (Wildman–Crippen LogP) is 3.58. The smallest absolute Gasteiger partial charge is 0.138 e. The number of methoxy groups -OCH3 is 1. The Kier molecular flexibility index (Phi) is 4.95. The van der Waals surface area contributed by atoms with E-state index < -0.39 is 0 Å². The molecular weight excluding hydrogens is 320 g/mol. The highest BCUT2D eigenvalue weighted by Gasteiger charge is 2.10. The van der Waals surface area contributed by atoms with Crippen LogP contribution in [-0.4, -0.2) is 17.1 Å². The van der Waals surface area contributed by atoms with Crippen molar-refractivity contribution >= 4 is 15.9 Å². The van der Waals surface area contributed by atoms with Crippen LogP contribution >= 0.6 is 15.9 Å². The lowest BCUT2D eigenvalue weighted by atomic mass is 10.1. The molecule has 2 heterocycles. The first-order chi connectivity index (χ1) is 9.65. The SMILES string of the molecule is COc1c(C)cnc(COc2ccc(CBr)nc2)c1C. The summed E-state index contributed by atoms with van der Waals surface area (Å²) < 4.78 is 11.1. The minimum atomic E-state index is 0.401. The molecule has 0 amide bonds. The molecule has 106 valence electrons. The number of nitrogens with zero attached hydrogens (tertiary/aromatic N) is 2. The largest absolute Gasteiger partial charge is 0.496 e. The third kappa shape index (κ3) is 3.28. The maximum absolute atomic E-state index is 5.72. The molecular formula is C15H17BrN2O2. The molecule has 0 spiro atoms. The fourth-order valence-corrected chi connectivity index (χ4v) is 2.28. The highest BCUT2D eigenvalue weighted by Crippen LogP contribution is 2.24. The molecule has 0 aliphatic carbocycles. The number of hydrogen-bond acceptors (Lipinski definition) is 4. The molecule has 5 heteroatoms. The monoisotopic (exact) mass is 336 g/mol. The van der Waals surface area contributed by atoms with Crippen LogP contribution in [0.4, 0.5) is 0 Å². The zero-order valence-electron chi connectivity index (χ0n) is 11.8. The second kappa shape index (κ2) is 6.70. The zero-order valence-corrected chi connectivity index (χ0v) is 13.4. The first kappa shape index (κ1) is 14.8. The summed E-state index contributed by atoms with van der Waals surface area (Å²) in [6, 6.07) is 3.84. The van der Waals surface area contributed by atoms with Crippen LogP contribution in [0, 0.1) is 13.8 Å². The summed E-state index contributed by atoms with van der Waals surface area (Å²) in [6.45, 7) is 4.37. The fourth-order valence-electron chi connectivity index (χ4n) is 1.94. The van der Waals surface area contributed by atoms with Crippen LogP contribution in [0.25, 0.3) is 0 Å². The average molecular weight is 337 g/mol. The molecule has 0 saturated heterocycles. The maximum Gasteiger partial charge on any atom is 0.138 e. The summed E-state index contributed by atoms with van der Waals surface area (Å²) in [4.78, 5) is 8.67. The van der Waals surface area contributed by atoms with Gasteiger partial charge in [0.2, 0.25) is 0 Å². The maximum atomic E-state index is 5.72. The Hall–Kier alpha value is -1.62. The fraction of sp³-hybridized carbons (Fsp3) is 0.333. The van der Waals surface area contributed by atoms with Gasteiger partial charge in [-0.2, -0.15) is 0 Å². The molecule has 0 unspecified atom stereocenters. The molecule has 0 atom stereocenters. The minimum absolute atomic E-state index is 0.401. The van der Waals surface area contributed by atoms with Crippen LogP contribution in [0.1, 0.15) is 22.5 Å². The van der Waals surface area contributed by atoms with Crippen LogP contribution in [0.3, 0.4) is 0 Å². The van der Waals surface area contributed by atoms with Crippen LogP contribution in [0.2, 0.25) is 0 Å². The van der Waals surface area contributed by atoms with E-state index in [1.54, 1.807) is 19.5 Å². The topological polar surface area (TPSA) is 44.2 Å². The summed E-state index contributed by atoms with van der Waals surface area (Å²) in [5, 5.41) is 0.739. The number of aryl methyl sites for hydroxylation is 1. The van der Waals surface area contributed by atoms with Crippen molar-refractivity contribution in [1.82, 2.24) is 9.97 Å². The Morgan fingerprint density at radius 3 is 2.55 bits per heavy atom. The van der Waals surface area contributed by atoms with Crippen molar-refractivity contribution in [2.24, 2.45) is 0 Å². The predicted molar refractivity (Wildman–Crippen MR) is 81.5 cm³/mol. The van der Waals surface area contributed by atoms with Gasteiger partial charge >= 0.3 is 0 Å². The van der Waals surface area contributed by atoms with Gasteiger partial charge in [0.05, 0.1) is 24.7 Å². The molecule has 0 aromatic carbocycles. The summed E-state index contributed by atoms with van der Waals surface area (Å²) in [5.74, 6) is 1.60. The first-order valence-corrected chi connectivity index (χ1v) is 7.40. The second-order valence-electron chi connectivity index (χ2n) is 4.45. The summed E-state index contributed by atoms with van der Waals surface area (Å²) in [7, 11) is 1.67. The van der Waals surface area contributed by atoms with Gasteiger partial charge in [-0.05, 0) is 26.0 Å². The molecule has 0 N–H and O–H groups in total. The van der Waals surface area contributed by atoms with Gasteiger partial charge in [0.25, 0.3) is 0 Å². The standard InChI is InChI=1S/C15H17BrN2O2/c1-10-7-18-14(11(2)15(10)19-3)9-20-13-5-4-12(6-16)17-8-13/h4-5,7-8H,6,9H2,1-3H3. The lowest BCUT2D eigenvalue weighted by molar-refractivity contribution is 0.297. The average Bonchev–Trinajstić information content (AvgIpc) is 2.47. The third-order valence-corrected chi connectivity index (χ3v) is 3.63. The molecule has 0 aliphatic heterocycles. The van der Waals surface area contributed by atoms with Crippen molar-refractivity contribution < 1.29 is 9.47 Å². The highest BCUT2D eigenvalue weighted by molar-refractivity contribution is 9.08. The van der Waals surface area contributed by atoms with E-state index in [2.05, 4.69) is 25.9 Å². The van der Waals surface area contributed by atoms with E-state index in [1.165, 1.54) is 0 Å². The molecule has 0 radical (unpaired) electrons. The van der Waals surface area contributed by atoms with Crippen molar-refractivity contribution in [3.63, 3.8) is 0 Å². The lowest BCUT2D eigenvalue weighted by Crippen LogP contribution is -2.04. The lowest BCUT2D eigenvalue weighted by Gasteiger charge is -2.13. The van der Waals surface area contributed by atoms with Gasteiger partial charge in [-0.25, -0.2) is 0 Å². The Morgan fingerprint density at radius 1 is 1.15 bits per heavy atom. The molecule has 20 heavy (non-hydrogen) atoms. The first-order valence-electron chi connectivity index (χ1n) is 6.28. The summed E-state index contributed by atoms with van der Waals surface area (Å²) in [6.07, 6.45) is 3.52.